The van der Waals surface area contributed by atoms with Crippen LogP contribution in [0.15, 0.2) is 12.3 Å². The van der Waals surface area contributed by atoms with Crippen molar-refractivity contribution in [3.05, 3.63) is 35.2 Å². The summed E-state index contributed by atoms with van der Waals surface area (Å²) in [6, 6.07) is 2.00. The second kappa shape index (κ2) is 6.04. The highest BCUT2D eigenvalue weighted by Gasteiger charge is 2.25. The van der Waals surface area contributed by atoms with Crippen molar-refractivity contribution in [2.45, 2.75) is 39.2 Å². The van der Waals surface area contributed by atoms with Gasteiger partial charge in [-0.1, -0.05) is 0 Å². The Hall–Kier alpha value is -1.95. The first-order chi connectivity index (χ1) is 10.5. The molecule has 0 saturated carbocycles. The van der Waals surface area contributed by atoms with Crippen LogP contribution >= 0.6 is 0 Å². The predicted molar refractivity (Wildman–Crippen MR) is 83.8 cm³/mol. The lowest BCUT2D eigenvalue weighted by Gasteiger charge is -2.31. The number of likely N-dealkylation sites (tertiary alicyclic amines) is 1. The summed E-state index contributed by atoms with van der Waals surface area (Å²) in [6.07, 6.45) is 4.21. The monoisotopic (exact) mass is 301 g/mol. The van der Waals surface area contributed by atoms with E-state index in [9.17, 15) is 4.79 Å². The number of carbonyl (C=O) groups is 1. The fourth-order valence-electron chi connectivity index (χ4n) is 3.14. The average Bonchev–Trinajstić information content (AvgIpc) is 3.06. The molecule has 1 atom stereocenters. The Balaban J connectivity index is 1.69. The molecule has 1 fully saturated rings. The Morgan fingerprint density at radius 3 is 2.95 bits per heavy atom. The van der Waals surface area contributed by atoms with Crippen molar-refractivity contribution in [3.63, 3.8) is 0 Å². The van der Waals surface area contributed by atoms with Crippen LogP contribution in [0.2, 0.25) is 0 Å². The van der Waals surface area contributed by atoms with Crippen molar-refractivity contribution in [1.82, 2.24) is 24.6 Å². The largest absolute Gasteiger partial charge is 0.353 e. The molecule has 1 N–H and O–H groups in total. The number of aromatic amines is 1. The summed E-state index contributed by atoms with van der Waals surface area (Å²) in [5.74, 6) is 2.32. The van der Waals surface area contributed by atoms with E-state index in [0.717, 1.165) is 49.7 Å². The van der Waals surface area contributed by atoms with Crippen LogP contribution in [-0.2, 0) is 13.6 Å². The third-order valence-corrected chi connectivity index (χ3v) is 4.39. The van der Waals surface area contributed by atoms with E-state index in [1.807, 2.05) is 26.2 Å². The smallest absolute Gasteiger partial charge is 0.161 e. The summed E-state index contributed by atoms with van der Waals surface area (Å²) in [7, 11) is 2.00. The maximum Gasteiger partial charge on any atom is 0.161 e. The molecule has 6 heteroatoms. The van der Waals surface area contributed by atoms with Crippen molar-refractivity contribution in [2.75, 3.05) is 13.1 Å². The van der Waals surface area contributed by atoms with Gasteiger partial charge in [-0.05, 0) is 39.3 Å². The lowest BCUT2D eigenvalue weighted by molar-refractivity contribution is 0.101. The SMILES string of the molecule is CC(=O)c1cc(CN2CCC[C@@H](c3n[nH]c(C)n3)C2)n(C)c1. The molecule has 0 radical (unpaired) electrons. The number of aromatic nitrogens is 4. The zero-order valence-corrected chi connectivity index (χ0v) is 13.5. The van der Waals surface area contributed by atoms with Gasteiger partial charge in [0.1, 0.15) is 5.82 Å². The lowest BCUT2D eigenvalue weighted by Crippen LogP contribution is -2.34. The first-order valence-corrected chi connectivity index (χ1v) is 7.80. The molecule has 1 aliphatic heterocycles. The third-order valence-electron chi connectivity index (χ3n) is 4.39. The normalized spacial score (nSPS) is 19.5. The molecule has 22 heavy (non-hydrogen) atoms. The van der Waals surface area contributed by atoms with Gasteiger partial charge in [0.2, 0.25) is 0 Å². The number of H-pyrrole nitrogens is 1. The number of nitrogens with zero attached hydrogens (tertiary/aromatic N) is 4. The molecule has 3 heterocycles. The minimum atomic E-state index is 0.120. The van der Waals surface area contributed by atoms with E-state index in [1.165, 1.54) is 5.69 Å². The molecule has 0 aliphatic carbocycles. The van der Waals surface area contributed by atoms with Crippen LogP contribution in [0.25, 0.3) is 0 Å². The van der Waals surface area contributed by atoms with Crippen LogP contribution in [0.3, 0.4) is 0 Å². The molecule has 3 rings (SSSR count). The Labute approximate surface area is 130 Å². The number of carbonyl (C=O) groups excluding carboxylic acids is 1. The fraction of sp³-hybridized carbons (Fsp3) is 0.562. The number of nitrogens with one attached hydrogen (secondary N) is 1. The van der Waals surface area contributed by atoms with Gasteiger partial charge >= 0.3 is 0 Å². The average molecular weight is 301 g/mol. The molecule has 2 aromatic heterocycles. The highest BCUT2D eigenvalue weighted by Crippen LogP contribution is 2.25. The summed E-state index contributed by atoms with van der Waals surface area (Å²) in [5.41, 5.74) is 1.97. The molecule has 0 amide bonds. The van der Waals surface area contributed by atoms with Gasteiger partial charge in [0.15, 0.2) is 11.6 Å². The topological polar surface area (TPSA) is 66.8 Å². The zero-order valence-electron chi connectivity index (χ0n) is 13.5. The maximum atomic E-state index is 11.5. The van der Waals surface area contributed by atoms with E-state index in [-0.39, 0.29) is 5.78 Å². The summed E-state index contributed by atoms with van der Waals surface area (Å²) < 4.78 is 2.05. The first kappa shape index (κ1) is 15.0. The molecule has 0 bridgehead atoms. The Morgan fingerprint density at radius 1 is 1.50 bits per heavy atom. The fourth-order valence-corrected chi connectivity index (χ4v) is 3.14. The summed E-state index contributed by atoms with van der Waals surface area (Å²) in [5, 5.41) is 7.25. The second-order valence-electron chi connectivity index (χ2n) is 6.24. The van der Waals surface area contributed by atoms with E-state index in [0.29, 0.717) is 5.92 Å². The van der Waals surface area contributed by atoms with Crippen LogP contribution in [0.1, 0.15) is 53.4 Å². The van der Waals surface area contributed by atoms with E-state index >= 15 is 0 Å². The number of aryl methyl sites for hydroxylation is 2. The van der Waals surface area contributed by atoms with E-state index < -0.39 is 0 Å². The van der Waals surface area contributed by atoms with Gasteiger partial charge in [0.25, 0.3) is 0 Å². The Kier molecular flexibility index (Phi) is 4.11. The molecule has 0 unspecified atom stereocenters. The van der Waals surface area contributed by atoms with Gasteiger partial charge in [-0.3, -0.25) is 14.8 Å². The van der Waals surface area contributed by atoms with Crippen LogP contribution < -0.4 is 0 Å². The second-order valence-corrected chi connectivity index (χ2v) is 6.24. The number of rotatable bonds is 4. The molecule has 1 aliphatic rings. The molecule has 0 aromatic carbocycles. The molecule has 2 aromatic rings. The van der Waals surface area contributed by atoms with Crippen LogP contribution in [0, 0.1) is 6.92 Å². The molecule has 6 nitrogen and oxygen atoms in total. The number of ketones is 1. The van der Waals surface area contributed by atoms with Crippen molar-refractivity contribution in [2.24, 2.45) is 7.05 Å². The van der Waals surface area contributed by atoms with E-state index in [1.54, 1.807) is 6.92 Å². The number of hydrogen-bond acceptors (Lipinski definition) is 4. The number of piperidine rings is 1. The Bertz CT molecular complexity index is 672. The molecular formula is C16H23N5O. The van der Waals surface area contributed by atoms with Crippen LogP contribution in [-0.4, -0.2) is 43.5 Å². The predicted octanol–water partition coefficient (Wildman–Crippen LogP) is 2.03. The van der Waals surface area contributed by atoms with Gasteiger partial charge in [-0.15, -0.1) is 0 Å². The number of Topliss-reactive ketones (excluding diaryl/α,β-unsaturated/α-hetero) is 1. The van der Waals surface area contributed by atoms with Crippen molar-refractivity contribution in [3.8, 4) is 0 Å². The van der Waals surface area contributed by atoms with Crippen molar-refractivity contribution < 1.29 is 4.79 Å². The minimum absolute atomic E-state index is 0.120. The highest BCUT2D eigenvalue weighted by molar-refractivity contribution is 5.94. The maximum absolute atomic E-state index is 11.5. The van der Waals surface area contributed by atoms with Crippen LogP contribution in [0.5, 0.6) is 0 Å². The summed E-state index contributed by atoms with van der Waals surface area (Å²) in [6.45, 7) is 6.47. The van der Waals surface area contributed by atoms with E-state index in [2.05, 4.69) is 24.6 Å². The molecule has 1 saturated heterocycles. The molecular weight excluding hydrogens is 278 g/mol. The van der Waals surface area contributed by atoms with Gasteiger partial charge < -0.3 is 4.57 Å². The first-order valence-electron chi connectivity index (χ1n) is 7.80. The zero-order chi connectivity index (χ0) is 15.7. The lowest BCUT2D eigenvalue weighted by atomic mass is 9.97. The standard InChI is InChI=1S/C16H23N5O/c1-11(22)14-7-15(20(3)8-14)10-21-6-4-5-13(9-21)16-17-12(2)18-19-16/h7-8,13H,4-6,9-10H2,1-3H3,(H,17,18,19)/t13-/m1/s1. The van der Waals surface area contributed by atoms with Crippen molar-refractivity contribution >= 4 is 5.78 Å². The molecule has 118 valence electrons. The van der Waals surface area contributed by atoms with Gasteiger partial charge in [0.05, 0.1) is 0 Å². The van der Waals surface area contributed by atoms with Crippen LogP contribution in [0.4, 0.5) is 0 Å². The van der Waals surface area contributed by atoms with Crippen molar-refractivity contribution in [1.29, 1.82) is 0 Å². The van der Waals surface area contributed by atoms with Gasteiger partial charge in [-0.25, -0.2) is 4.98 Å². The minimum Gasteiger partial charge on any atom is -0.353 e. The molecule has 0 spiro atoms. The highest BCUT2D eigenvalue weighted by atomic mass is 16.1. The summed E-state index contributed by atoms with van der Waals surface area (Å²) >= 11 is 0. The number of hydrogen-bond donors (Lipinski definition) is 1. The quantitative estimate of drug-likeness (QED) is 0.878. The third kappa shape index (κ3) is 3.11. The Morgan fingerprint density at radius 2 is 2.32 bits per heavy atom. The summed E-state index contributed by atoms with van der Waals surface area (Å²) in [4.78, 5) is 18.4. The van der Waals surface area contributed by atoms with E-state index in [4.69, 9.17) is 0 Å². The van der Waals surface area contributed by atoms with Gasteiger partial charge in [0, 0.05) is 43.5 Å². The van der Waals surface area contributed by atoms with Gasteiger partial charge in [-0.2, -0.15) is 5.10 Å².